The van der Waals surface area contributed by atoms with Crippen LogP contribution in [0.5, 0.6) is 0 Å². The molecule has 64 valence electrons. The van der Waals surface area contributed by atoms with Gasteiger partial charge < -0.3 is 4.52 Å². The summed E-state index contributed by atoms with van der Waals surface area (Å²) in [7, 11) is 4.77. The predicted octanol–water partition coefficient (Wildman–Crippen LogP) is 0.652. The normalized spacial score (nSPS) is 32.1. The van der Waals surface area contributed by atoms with Gasteiger partial charge in [-0.05, 0) is 21.0 Å². The van der Waals surface area contributed by atoms with E-state index in [9.17, 15) is 4.79 Å². The van der Waals surface area contributed by atoms with Gasteiger partial charge >= 0.3 is 0 Å². The highest BCUT2D eigenvalue weighted by Gasteiger charge is 2.37. The Bertz CT molecular complexity index is 174. The van der Waals surface area contributed by atoms with Crippen molar-refractivity contribution in [2.45, 2.75) is 13.0 Å². The molecule has 11 heavy (non-hydrogen) atoms. The van der Waals surface area contributed by atoms with Crippen molar-refractivity contribution in [3.8, 4) is 0 Å². The first kappa shape index (κ1) is 8.91. The van der Waals surface area contributed by atoms with Gasteiger partial charge in [-0.25, -0.2) is 4.67 Å². The molecule has 0 aromatic carbocycles. The zero-order valence-corrected chi connectivity index (χ0v) is 8.13. The largest absolute Gasteiger partial charge is 0.314 e. The second kappa shape index (κ2) is 3.05. The lowest BCUT2D eigenvalue weighted by Gasteiger charge is -2.22. The van der Waals surface area contributed by atoms with Crippen molar-refractivity contribution in [1.29, 1.82) is 0 Å². The van der Waals surface area contributed by atoms with Crippen molar-refractivity contribution in [3.05, 3.63) is 0 Å². The summed E-state index contributed by atoms with van der Waals surface area (Å²) < 4.78 is 9.01. The molecule has 0 N–H and O–H groups in total. The van der Waals surface area contributed by atoms with Crippen LogP contribution < -0.4 is 0 Å². The summed E-state index contributed by atoms with van der Waals surface area (Å²) in [6.45, 7) is 1.78. The molecule has 2 unspecified atom stereocenters. The van der Waals surface area contributed by atoms with E-state index in [1.54, 1.807) is 18.6 Å². The van der Waals surface area contributed by atoms with Crippen LogP contribution in [0, 0.1) is 0 Å². The summed E-state index contributed by atoms with van der Waals surface area (Å²) in [5, 5.41) is 0. The third kappa shape index (κ3) is 1.53. The fourth-order valence-corrected chi connectivity index (χ4v) is 2.54. The lowest BCUT2D eigenvalue weighted by molar-refractivity contribution is -0.128. The highest BCUT2D eigenvalue weighted by molar-refractivity contribution is 7.48. The van der Waals surface area contributed by atoms with Crippen LogP contribution in [0.1, 0.15) is 6.92 Å². The van der Waals surface area contributed by atoms with Crippen molar-refractivity contribution in [3.63, 3.8) is 0 Å². The van der Waals surface area contributed by atoms with Gasteiger partial charge in [0.25, 0.3) is 5.91 Å². The summed E-state index contributed by atoms with van der Waals surface area (Å²) in [6.07, 6.45) is -0.270. The molecule has 1 rings (SSSR count). The van der Waals surface area contributed by atoms with Gasteiger partial charge in [0.1, 0.15) is 6.10 Å². The molecular weight excluding hydrogens is 163 g/mol. The lowest BCUT2D eigenvalue weighted by Crippen LogP contribution is -2.23. The number of rotatable bonds is 1. The van der Waals surface area contributed by atoms with Crippen LogP contribution in [0.4, 0.5) is 0 Å². The van der Waals surface area contributed by atoms with Crippen LogP contribution in [0.25, 0.3) is 0 Å². The summed E-state index contributed by atoms with van der Waals surface area (Å²) in [4.78, 5) is 11.2. The summed E-state index contributed by atoms with van der Waals surface area (Å²) in [5.74, 6) is 0.0739. The molecule has 0 radical (unpaired) electrons. The first-order valence-corrected chi connectivity index (χ1v) is 4.62. The van der Waals surface area contributed by atoms with Crippen molar-refractivity contribution < 1.29 is 9.32 Å². The second-order valence-electron chi connectivity index (χ2n) is 2.71. The molecule has 0 bridgehead atoms. The maximum absolute atomic E-state index is 11.2. The van der Waals surface area contributed by atoms with Gasteiger partial charge in [-0.15, -0.1) is 0 Å². The van der Waals surface area contributed by atoms with Gasteiger partial charge in [0.05, 0.1) is 0 Å². The zero-order valence-electron chi connectivity index (χ0n) is 7.24. The monoisotopic (exact) mass is 176 g/mol. The van der Waals surface area contributed by atoms with E-state index in [0.29, 0.717) is 0 Å². The molecule has 1 aliphatic rings. The Labute approximate surface area is 68.1 Å². The van der Waals surface area contributed by atoms with Crippen LogP contribution in [0.15, 0.2) is 0 Å². The molecule has 1 saturated heterocycles. The second-order valence-corrected chi connectivity index (χ2v) is 4.83. The molecule has 1 fully saturated rings. The quantitative estimate of drug-likeness (QED) is 0.550. The van der Waals surface area contributed by atoms with E-state index in [1.807, 2.05) is 18.8 Å². The average Bonchev–Trinajstić information content (AvgIpc) is 2.17. The Morgan fingerprint density at radius 2 is 2.18 bits per heavy atom. The minimum atomic E-state index is -0.827. The lowest BCUT2D eigenvalue weighted by atomic mass is 10.4. The smallest absolute Gasteiger partial charge is 0.257 e. The van der Waals surface area contributed by atoms with Crippen LogP contribution in [-0.2, 0) is 9.32 Å². The molecule has 4 nitrogen and oxygen atoms in total. The van der Waals surface area contributed by atoms with E-state index in [0.717, 1.165) is 0 Å². The molecule has 2 atom stereocenters. The Kier molecular flexibility index (Phi) is 2.47. The molecule has 1 aliphatic heterocycles. The van der Waals surface area contributed by atoms with Crippen LogP contribution in [-0.4, -0.2) is 42.5 Å². The first-order valence-electron chi connectivity index (χ1n) is 3.45. The SMILES string of the molecule is CC1OP(N(C)C)N(C)C1=O. The molecule has 0 saturated carbocycles. The maximum atomic E-state index is 11.2. The molecule has 0 aromatic heterocycles. The van der Waals surface area contributed by atoms with E-state index >= 15 is 0 Å². The number of likely N-dealkylation sites (N-methyl/N-ethyl adjacent to an activating group) is 1. The molecule has 5 heteroatoms. The summed E-state index contributed by atoms with van der Waals surface area (Å²) >= 11 is 0. The number of hydrogen-bond acceptors (Lipinski definition) is 3. The van der Waals surface area contributed by atoms with Crippen LogP contribution in [0.2, 0.25) is 0 Å². The predicted molar refractivity (Wildman–Crippen MR) is 43.9 cm³/mol. The number of amides is 1. The third-order valence-corrected chi connectivity index (χ3v) is 3.42. The van der Waals surface area contributed by atoms with E-state index in [4.69, 9.17) is 4.52 Å². The van der Waals surface area contributed by atoms with Crippen molar-refractivity contribution in [2.75, 3.05) is 21.1 Å². The minimum Gasteiger partial charge on any atom is -0.314 e. The Balaban J connectivity index is 2.67. The molecule has 0 aliphatic carbocycles. The number of carbonyl (C=O) groups is 1. The molecule has 0 aromatic rings. The van der Waals surface area contributed by atoms with Crippen LogP contribution >= 0.6 is 8.45 Å². The molecule has 1 amide bonds. The Morgan fingerprint density at radius 1 is 1.64 bits per heavy atom. The number of carbonyl (C=O) groups excluding carboxylic acids is 1. The fourth-order valence-electron chi connectivity index (χ4n) is 0.967. The van der Waals surface area contributed by atoms with E-state index in [1.165, 1.54) is 0 Å². The van der Waals surface area contributed by atoms with Gasteiger partial charge in [0.15, 0.2) is 0 Å². The fraction of sp³-hybridized carbons (Fsp3) is 0.833. The highest BCUT2D eigenvalue weighted by Crippen LogP contribution is 2.48. The zero-order chi connectivity index (χ0) is 8.59. The topological polar surface area (TPSA) is 32.8 Å². The third-order valence-electron chi connectivity index (χ3n) is 1.52. The molecule has 1 heterocycles. The van der Waals surface area contributed by atoms with Crippen LogP contribution in [0.3, 0.4) is 0 Å². The Hall–Kier alpha value is -0.180. The van der Waals surface area contributed by atoms with Crippen molar-refractivity contribution in [2.24, 2.45) is 0 Å². The maximum Gasteiger partial charge on any atom is 0.257 e. The number of hydrogen-bond donors (Lipinski definition) is 0. The van der Waals surface area contributed by atoms with Crippen molar-refractivity contribution in [1.82, 2.24) is 9.34 Å². The molecule has 0 spiro atoms. The Morgan fingerprint density at radius 3 is 2.36 bits per heavy atom. The summed E-state index contributed by atoms with van der Waals surface area (Å²) in [5.41, 5.74) is 0. The molecular formula is C6H13N2O2P. The summed E-state index contributed by atoms with van der Waals surface area (Å²) in [6, 6.07) is 0. The highest BCUT2D eigenvalue weighted by atomic mass is 31.2. The van der Waals surface area contributed by atoms with Gasteiger partial charge in [-0.1, -0.05) is 0 Å². The van der Waals surface area contributed by atoms with Gasteiger partial charge in [-0.3, -0.25) is 9.46 Å². The van der Waals surface area contributed by atoms with Gasteiger partial charge in [-0.2, -0.15) is 0 Å². The van der Waals surface area contributed by atoms with E-state index < -0.39 is 8.45 Å². The van der Waals surface area contributed by atoms with E-state index in [-0.39, 0.29) is 12.0 Å². The van der Waals surface area contributed by atoms with Crippen molar-refractivity contribution >= 4 is 14.4 Å². The van der Waals surface area contributed by atoms with Gasteiger partial charge in [0.2, 0.25) is 8.45 Å². The standard InChI is InChI=1S/C6H13N2O2P/c1-5-6(9)8(4)11(10-5)7(2)3/h5H,1-4H3. The average molecular weight is 176 g/mol. The van der Waals surface area contributed by atoms with Gasteiger partial charge in [0, 0.05) is 7.05 Å². The first-order chi connectivity index (χ1) is 5.04. The minimum absolute atomic E-state index is 0.0739. The van der Waals surface area contributed by atoms with E-state index in [2.05, 4.69) is 0 Å². The number of nitrogens with zero attached hydrogens (tertiary/aromatic N) is 2.